The van der Waals surface area contributed by atoms with Gasteiger partial charge >= 0.3 is 0 Å². The number of ether oxygens (including phenoxy) is 1. The van der Waals surface area contributed by atoms with Crippen molar-refractivity contribution in [2.45, 2.75) is 0 Å². The number of para-hydroxylation sites is 2. The van der Waals surface area contributed by atoms with Gasteiger partial charge in [-0.2, -0.15) is 0 Å². The number of anilines is 2. The number of benzene rings is 2. The second-order valence-corrected chi connectivity index (χ2v) is 5.54. The number of hydrogen-bond donors (Lipinski definition) is 0. The van der Waals surface area contributed by atoms with Gasteiger partial charge in [-0.15, -0.1) is 0 Å². The summed E-state index contributed by atoms with van der Waals surface area (Å²) in [7, 11) is 3.62. The van der Waals surface area contributed by atoms with Gasteiger partial charge in [0.25, 0.3) is 5.91 Å². The molecule has 0 aliphatic carbocycles. The van der Waals surface area contributed by atoms with Gasteiger partial charge in [0.05, 0.1) is 6.61 Å². The third-order valence-electron chi connectivity index (χ3n) is 3.49. The summed E-state index contributed by atoms with van der Waals surface area (Å²) in [6, 6.07) is 19.3. The minimum absolute atomic E-state index is 0.00579. The average Bonchev–Trinajstić information content (AvgIpc) is 2.61. The SMILES string of the molecule is CN(C(=O)COCC(=S)N(C)c1ccccc1)c1ccccc1. The summed E-state index contributed by atoms with van der Waals surface area (Å²) in [4.78, 5) is 16.2. The minimum atomic E-state index is -0.110. The normalized spacial score (nSPS) is 10.2. The Morgan fingerprint density at radius 1 is 0.870 bits per heavy atom. The lowest BCUT2D eigenvalue weighted by atomic mass is 10.3. The Morgan fingerprint density at radius 2 is 1.35 bits per heavy atom. The molecule has 2 aromatic rings. The molecule has 4 nitrogen and oxygen atoms in total. The molecule has 0 heterocycles. The fourth-order valence-electron chi connectivity index (χ4n) is 2.01. The highest BCUT2D eigenvalue weighted by molar-refractivity contribution is 7.80. The Morgan fingerprint density at radius 3 is 1.87 bits per heavy atom. The summed E-state index contributed by atoms with van der Waals surface area (Å²) >= 11 is 5.35. The Balaban J connectivity index is 1.80. The number of carbonyl (C=O) groups excluding carboxylic acids is 1. The number of thiocarbonyl (C=S) groups is 1. The molecule has 0 aliphatic heterocycles. The molecule has 0 radical (unpaired) electrons. The maximum atomic E-state index is 12.1. The van der Waals surface area contributed by atoms with Crippen LogP contribution in [0.25, 0.3) is 0 Å². The lowest BCUT2D eigenvalue weighted by Crippen LogP contribution is -2.33. The van der Waals surface area contributed by atoms with Crippen LogP contribution in [0.4, 0.5) is 11.4 Å². The van der Waals surface area contributed by atoms with Crippen LogP contribution in [-0.2, 0) is 9.53 Å². The molecule has 0 fully saturated rings. The van der Waals surface area contributed by atoms with Crippen LogP contribution in [0.5, 0.6) is 0 Å². The standard InChI is InChI=1S/C18H20N2O2S/c1-19(15-9-5-3-6-10-15)17(21)13-22-14-18(23)20(2)16-11-7-4-8-12-16/h3-12H,13-14H2,1-2H3. The van der Waals surface area contributed by atoms with E-state index < -0.39 is 0 Å². The topological polar surface area (TPSA) is 32.8 Å². The fourth-order valence-corrected chi connectivity index (χ4v) is 2.20. The monoisotopic (exact) mass is 328 g/mol. The summed E-state index contributed by atoms with van der Waals surface area (Å²) in [5.41, 5.74) is 1.83. The van der Waals surface area contributed by atoms with E-state index in [-0.39, 0.29) is 19.1 Å². The van der Waals surface area contributed by atoms with Crippen LogP contribution in [0, 0.1) is 0 Å². The van der Waals surface area contributed by atoms with Crippen LogP contribution in [0.1, 0.15) is 0 Å². The van der Waals surface area contributed by atoms with Crippen molar-refractivity contribution in [2.24, 2.45) is 0 Å². The molecule has 5 heteroatoms. The fraction of sp³-hybridized carbons (Fsp3) is 0.222. The Kier molecular flexibility index (Phi) is 6.26. The summed E-state index contributed by atoms with van der Waals surface area (Å²) < 4.78 is 5.47. The molecule has 0 aromatic heterocycles. The van der Waals surface area contributed by atoms with Gasteiger partial charge in [-0.3, -0.25) is 4.79 Å². The number of carbonyl (C=O) groups is 1. The molecule has 0 unspecified atom stereocenters. The van der Waals surface area contributed by atoms with E-state index in [4.69, 9.17) is 17.0 Å². The molecule has 0 atom stereocenters. The van der Waals surface area contributed by atoms with Crippen molar-refractivity contribution in [3.63, 3.8) is 0 Å². The van der Waals surface area contributed by atoms with Crippen molar-refractivity contribution in [1.29, 1.82) is 0 Å². The van der Waals surface area contributed by atoms with Gasteiger partial charge in [-0.1, -0.05) is 48.6 Å². The Hall–Kier alpha value is -2.24. The number of rotatable bonds is 6. The molecule has 0 saturated carbocycles. The van der Waals surface area contributed by atoms with E-state index in [1.165, 1.54) is 0 Å². The molecule has 0 spiro atoms. The highest BCUT2D eigenvalue weighted by Crippen LogP contribution is 2.13. The zero-order valence-corrected chi connectivity index (χ0v) is 14.1. The van der Waals surface area contributed by atoms with Gasteiger partial charge < -0.3 is 14.5 Å². The molecule has 0 aliphatic rings. The average molecular weight is 328 g/mol. The zero-order valence-electron chi connectivity index (χ0n) is 13.3. The summed E-state index contributed by atoms with van der Waals surface area (Å²) in [5.74, 6) is -0.110. The van der Waals surface area contributed by atoms with Crippen LogP contribution >= 0.6 is 12.2 Å². The quantitative estimate of drug-likeness (QED) is 0.763. The smallest absolute Gasteiger partial charge is 0.252 e. The second kappa shape index (κ2) is 8.41. The minimum Gasteiger partial charge on any atom is -0.364 e. The van der Waals surface area contributed by atoms with Crippen LogP contribution in [0.2, 0.25) is 0 Å². The van der Waals surface area contributed by atoms with Crippen molar-refractivity contribution >= 4 is 34.5 Å². The van der Waals surface area contributed by atoms with Crippen LogP contribution in [0.15, 0.2) is 60.7 Å². The molecule has 23 heavy (non-hydrogen) atoms. The molecular formula is C18H20N2O2S. The molecule has 0 N–H and O–H groups in total. The maximum absolute atomic E-state index is 12.1. The van der Waals surface area contributed by atoms with Gasteiger partial charge in [-0.05, 0) is 24.3 Å². The first-order valence-electron chi connectivity index (χ1n) is 7.30. The highest BCUT2D eigenvalue weighted by atomic mass is 32.1. The van der Waals surface area contributed by atoms with Gasteiger partial charge in [0.15, 0.2) is 0 Å². The third kappa shape index (κ3) is 4.87. The molecule has 2 aromatic carbocycles. The largest absolute Gasteiger partial charge is 0.364 e. The number of hydrogen-bond acceptors (Lipinski definition) is 3. The van der Waals surface area contributed by atoms with Gasteiger partial charge in [0, 0.05) is 25.5 Å². The number of likely N-dealkylation sites (N-methyl/N-ethyl adjacent to an activating group) is 2. The molecular weight excluding hydrogens is 308 g/mol. The van der Waals surface area contributed by atoms with Crippen LogP contribution in [-0.4, -0.2) is 38.2 Å². The number of amides is 1. The molecule has 0 saturated heterocycles. The van der Waals surface area contributed by atoms with Gasteiger partial charge in [0.2, 0.25) is 0 Å². The van der Waals surface area contributed by atoms with Crippen LogP contribution < -0.4 is 9.80 Å². The third-order valence-corrected chi connectivity index (χ3v) is 3.88. The summed E-state index contributed by atoms with van der Waals surface area (Å²) in [6.07, 6.45) is 0. The Labute approximate surface area is 142 Å². The van der Waals surface area contributed by atoms with Gasteiger partial charge in [0.1, 0.15) is 11.6 Å². The van der Waals surface area contributed by atoms with Crippen molar-refractivity contribution in [1.82, 2.24) is 0 Å². The first kappa shape index (κ1) is 17.1. The van der Waals surface area contributed by atoms with E-state index in [1.54, 1.807) is 11.9 Å². The molecule has 2 rings (SSSR count). The van der Waals surface area contributed by atoms with E-state index in [2.05, 4.69) is 0 Å². The van der Waals surface area contributed by atoms with E-state index in [1.807, 2.05) is 72.6 Å². The van der Waals surface area contributed by atoms with Crippen molar-refractivity contribution in [2.75, 3.05) is 37.1 Å². The lowest BCUT2D eigenvalue weighted by molar-refractivity contribution is -0.122. The van der Waals surface area contributed by atoms with E-state index in [0.29, 0.717) is 4.99 Å². The first-order chi connectivity index (χ1) is 11.1. The summed E-state index contributed by atoms with van der Waals surface area (Å²) in [5, 5.41) is 0. The zero-order chi connectivity index (χ0) is 16.7. The van der Waals surface area contributed by atoms with E-state index in [0.717, 1.165) is 11.4 Å². The molecule has 1 amide bonds. The molecule has 0 bridgehead atoms. The van der Waals surface area contributed by atoms with Gasteiger partial charge in [-0.25, -0.2) is 0 Å². The first-order valence-corrected chi connectivity index (χ1v) is 7.71. The second-order valence-electron chi connectivity index (χ2n) is 5.07. The summed E-state index contributed by atoms with van der Waals surface area (Å²) in [6.45, 7) is 0.225. The Bertz CT molecular complexity index is 589. The van der Waals surface area contributed by atoms with Crippen molar-refractivity contribution < 1.29 is 9.53 Å². The highest BCUT2D eigenvalue weighted by Gasteiger charge is 2.12. The van der Waals surface area contributed by atoms with Crippen LogP contribution in [0.3, 0.4) is 0 Å². The molecule has 120 valence electrons. The van der Waals surface area contributed by atoms with E-state index >= 15 is 0 Å². The predicted octanol–water partition coefficient (Wildman–Crippen LogP) is 3.13. The van der Waals surface area contributed by atoms with Crippen molar-refractivity contribution in [3.05, 3.63) is 60.7 Å². The maximum Gasteiger partial charge on any atom is 0.252 e. The van der Waals surface area contributed by atoms with Crippen molar-refractivity contribution in [3.8, 4) is 0 Å². The number of nitrogens with zero attached hydrogens (tertiary/aromatic N) is 2. The lowest BCUT2D eigenvalue weighted by Gasteiger charge is -2.21. The van der Waals surface area contributed by atoms with E-state index in [9.17, 15) is 4.79 Å². The predicted molar refractivity (Wildman–Crippen MR) is 98.1 cm³/mol.